The van der Waals surface area contributed by atoms with Gasteiger partial charge in [0.25, 0.3) is 5.91 Å². The van der Waals surface area contributed by atoms with Crippen molar-refractivity contribution in [2.24, 2.45) is 0 Å². The smallest absolute Gasteiger partial charge is 0.256 e. The topological polar surface area (TPSA) is 29.1 Å². The number of carbonyl (C=O) groups is 1. The van der Waals surface area contributed by atoms with Gasteiger partial charge in [0.15, 0.2) is 0 Å². The van der Waals surface area contributed by atoms with Gasteiger partial charge in [-0.2, -0.15) is 0 Å². The molecule has 1 aromatic carbocycles. The summed E-state index contributed by atoms with van der Waals surface area (Å²) < 4.78 is 0. The first-order valence-electron chi connectivity index (χ1n) is 6.92. The van der Waals surface area contributed by atoms with Crippen LogP contribution in [0.25, 0.3) is 22.8 Å². The van der Waals surface area contributed by atoms with E-state index >= 15 is 0 Å². The van der Waals surface area contributed by atoms with Gasteiger partial charge in [0.2, 0.25) is 0 Å². The highest BCUT2D eigenvalue weighted by Crippen LogP contribution is 2.34. The number of para-hydroxylation sites is 1. The zero-order valence-electron chi connectivity index (χ0n) is 11.3. The highest BCUT2D eigenvalue weighted by Gasteiger charge is 2.23. The van der Waals surface area contributed by atoms with Gasteiger partial charge >= 0.3 is 0 Å². The van der Waals surface area contributed by atoms with Gasteiger partial charge in [0.1, 0.15) is 0 Å². The maximum Gasteiger partial charge on any atom is 0.256 e. The lowest BCUT2D eigenvalue weighted by atomic mass is 10.1. The van der Waals surface area contributed by atoms with E-state index in [4.69, 9.17) is 0 Å². The van der Waals surface area contributed by atoms with E-state index in [0.717, 1.165) is 22.4 Å². The Kier molecular flexibility index (Phi) is 2.61. The van der Waals surface area contributed by atoms with Crippen LogP contribution in [0.15, 0.2) is 66.7 Å². The van der Waals surface area contributed by atoms with E-state index in [-0.39, 0.29) is 5.91 Å². The minimum atomic E-state index is -0.0352. The third kappa shape index (κ3) is 2.01. The lowest BCUT2D eigenvalue weighted by Crippen LogP contribution is -2.03. The molecule has 2 nitrogen and oxygen atoms in total. The summed E-state index contributed by atoms with van der Waals surface area (Å²) in [5, 5.41) is 2.90. The first-order valence-corrected chi connectivity index (χ1v) is 6.92. The predicted molar refractivity (Wildman–Crippen MR) is 86.0 cm³/mol. The summed E-state index contributed by atoms with van der Waals surface area (Å²) in [5.74, 6) is -0.0352. The Balaban J connectivity index is 1.84. The molecule has 0 saturated heterocycles. The van der Waals surface area contributed by atoms with Crippen LogP contribution in [0.4, 0.5) is 5.69 Å². The Bertz CT molecular complexity index is 817. The average molecular weight is 271 g/mol. The Morgan fingerprint density at radius 1 is 0.810 bits per heavy atom. The van der Waals surface area contributed by atoms with E-state index in [0.29, 0.717) is 0 Å². The molecular weight excluding hydrogens is 258 g/mol. The summed E-state index contributed by atoms with van der Waals surface area (Å²) in [7, 11) is 0. The van der Waals surface area contributed by atoms with E-state index in [2.05, 4.69) is 29.6 Å². The molecule has 100 valence electrons. The number of rotatable bonds is 1. The Morgan fingerprint density at radius 3 is 2.24 bits per heavy atom. The van der Waals surface area contributed by atoms with Crippen molar-refractivity contribution in [2.45, 2.75) is 0 Å². The van der Waals surface area contributed by atoms with Crippen LogP contribution in [0.5, 0.6) is 0 Å². The highest BCUT2D eigenvalue weighted by atomic mass is 16.2. The molecule has 0 fully saturated rings. The minimum Gasteiger partial charge on any atom is -0.321 e. The molecule has 2 aliphatic carbocycles. The van der Waals surface area contributed by atoms with Crippen molar-refractivity contribution < 1.29 is 4.79 Å². The summed E-state index contributed by atoms with van der Waals surface area (Å²) >= 11 is 0. The van der Waals surface area contributed by atoms with Gasteiger partial charge in [-0.1, -0.05) is 48.5 Å². The van der Waals surface area contributed by atoms with Gasteiger partial charge in [-0.25, -0.2) is 0 Å². The third-order valence-electron chi connectivity index (χ3n) is 3.77. The van der Waals surface area contributed by atoms with Crippen molar-refractivity contribution >= 4 is 23.2 Å². The van der Waals surface area contributed by atoms with Gasteiger partial charge in [-0.05, 0) is 41.0 Å². The number of carbonyl (C=O) groups excluding carboxylic acids is 1. The average Bonchev–Trinajstić information content (AvgIpc) is 2.93. The number of amides is 1. The predicted octanol–water partition coefficient (Wildman–Crippen LogP) is 4.28. The fourth-order valence-corrected chi connectivity index (χ4v) is 2.77. The summed E-state index contributed by atoms with van der Waals surface area (Å²) in [6.07, 6.45) is 1.96. The summed E-state index contributed by atoms with van der Waals surface area (Å²) in [4.78, 5) is 12.1. The fraction of sp³-hybridized carbons (Fsp3) is 0. The van der Waals surface area contributed by atoms with E-state index in [1.54, 1.807) is 0 Å². The molecule has 1 aliphatic heterocycles. The van der Waals surface area contributed by atoms with Crippen LogP contribution in [0.2, 0.25) is 0 Å². The summed E-state index contributed by atoms with van der Waals surface area (Å²) in [6.45, 7) is 0. The van der Waals surface area contributed by atoms with Crippen LogP contribution < -0.4 is 5.32 Å². The number of hydrogen-bond donors (Lipinski definition) is 1. The van der Waals surface area contributed by atoms with Crippen molar-refractivity contribution in [1.82, 2.24) is 0 Å². The largest absolute Gasteiger partial charge is 0.321 e. The second kappa shape index (κ2) is 4.60. The number of benzene rings is 1. The summed E-state index contributed by atoms with van der Waals surface area (Å²) in [6, 6.07) is 22.2. The van der Waals surface area contributed by atoms with Crippen molar-refractivity contribution in [3.8, 4) is 11.1 Å². The molecule has 0 atom stereocenters. The molecule has 3 aliphatic rings. The van der Waals surface area contributed by atoms with Crippen LogP contribution in [0.3, 0.4) is 0 Å². The number of anilines is 1. The molecule has 21 heavy (non-hydrogen) atoms. The molecule has 0 spiro atoms. The second-order valence-electron chi connectivity index (χ2n) is 5.17. The zero-order valence-corrected chi connectivity index (χ0v) is 11.3. The SMILES string of the molecule is O=C1Nc2ccccc2/C1=C\c1cc2cccccc-2c1. The van der Waals surface area contributed by atoms with Crippen molar-refractivity contribution in [1.29, 1.82) is 0 Å². The van der Waals surface area contributed by atoms with Gasteiger partial charge in [-0.15, -0.1) is 0 Å². The maximum atomic E-state index is 12.1. The molecule has 4 rings (SSSR count). The van der Waals surface area contributed by atoms with Gasteiger partial charge in [0.05, 0.1) is 0 Å². The minimum absolute atomic E-state index is 0.0352. The molecule has 0 radical (unpaired) electrons. The molecule has 1 N–H and O–H groups in total. The van der Waals surface area contributed by atoms with Gasteiger partial charge in [0, 0.05) is 16.8 Å². The van der Waals surface area contributed by atoms with E-state index in [1.165, 1.54) is 11.1 Å². The van der Waals surface area contributed by atoms with Crippen LogP contribution >= 0.6 is 0 Å². The van der Waals surface area contributed by atoms with Crippen LogP contribution in [0, 0.1) is 0 Å². The van der Waals surface area contributed by atoms with Crippen molar-refractivity contribution in [2.75, 3.05) is 5.32 Å². The lowest BCUT2D eigenvalue weighted by molar-refractivity contribution is -0.110. The van der Waals surface area contributed by atoms with Crippen LogP contribution in [0.1, 0.15) is 11.1 Å². The zero-order chi connectivity index (χ0) is 14.2. The summed E-state index contributed by atoms with van der Waals surface area (Å²) in [5.41, 5.74) is 6.00. The molecule has 1 amide bonds. The Morgan fingerprint density at radius 2 is 1.48 bits per heavy atom. The molecule has 0 saturated carbocycles. The van der Waals surface area contributed by atoms with Crippen molar-refractivity contribution in [3.05, 3.63) is 77.9 Å². The Labute approximate surface area is 123 Å². The standard InChI is InChI=1S/C19H13NO/c21-19-17(16-8-4-5-9-18(16)20-19)12-13-10-14-6-2-1-3-7-15(14)11-13/h1-12H,(H,20,21)/b17-12+. The van der Waals surface area contributed by atoms with E-state index in [9.17, 15) is 4.79 Å². The normalized spacial score (nSPS) is 15.2. The van der Waals surface area contributed by atoms with Gasteiger partial charge in [-0.3, -0.25) is 4.79 Å². The Hall–Kier alpha value is -2.87. The monoisotopic (exact) mass is 271 g/mol. The lowest BCUT2D eigenvalue weighted by Gasteiger charge is -1.96. The van der Waals surface area contributed by atoms with E-state index < -0.39 is 0 Å². The fourth-order valence-electron chi connectivity index (χ4n) is 2.77. The molecular formula is C19H13NO. The molecule has 1 aromatic rings. The first kappa shape index (κ1) is 11.9. The first-order chi connectivity index (χ1) is 10.3. The quantitative estimate of drug-likeness (QED) is 0.657. The third-order valence-corrected chi connectivity index (χ3v) is 3.77. The molecule has 0 aromatic heterocycles. The molecule has 0 bridgehead atoms. The molecule has 1 heterocycles. The number of nitrogens with one attached hydrogen (secondary N) is 1. The molecule has 2 heteroatoms. The van der Waals surface area contributed by atoms with E-state index in [1.807, 2.05) is 48.5 Å². The van der Waals surface area contributed by atoms with Crippen LogP contribution in [-0.4, -0.2) is 5.91 Å². The van der Waals surface area contributed by atoms with Crippen molar-refractivity contribution in [3.63, 3.8) is 0 Å². The number of hydrogen-bond acceptors (Lipinski definition) is 1. The maximum absolute atomic E-state index is 12.1. The van der Waals surface area contributed by atoms with Crippen LogP contribution in [-0.2, 0) is 4.79 Å². The highest BCUT2D eigenvalue weighted by molar-refractivity contribution is 6.34. The molecule has 0 unspecified atom stereocenters. The number of fused-ring (bicyclic) bond motifs is 2. The van der Waals surface area contributed by atoms with Gasteiger partial charge < -0.3 is 5.32 Å². The second-order valence-corrected chi connectivity index (χ2v) is 5.17.